The highest BCUT2D eigenvalue weighted by atomic mass is 16.5. The standard InChI is InChI=1S/C20H22N4O2/c1-23-14-17(16-4-2-3-5-18(16)23)20(25)22-13-15-6-7-21-19(12-15)24-8-10-26-11-9-24/h2-7,12,14H,8-11,13H2,1H3,(H,22,25). The topological polar surface area (TPSA) is 59.4 Å². The second-order valence-electron chi connectivity index (χ2n) is 6.48. The Morgan fingerprint density at radius 3 is 2.88 bits per heavy atom. The lowest BCUT2D eigenvalue weighted by Gasteiger charge is -2.28. The van der Waals surface area contributed by atoms with Gasteiger partial charge in [0.2, 0.25) is 0 Å². The van der Waals surface area contributed by atoms with Gasteiger partial charge in [0.1, 0.15) is 5.82 Å². The van der Waals surface area contributed by atoms with Crippen LogP contribution in [-0.2, 0) is 18.3 Å². The molecule has 1 aromatic carbocycles. The van der Waals surface area contributed by atoms with E-state index in [1.165, 1.54) is 0 Å². The first-order valence-electron chi connectivity index (χ1n) is 8.82. The Labute approximate surface area is 152 Å². The third-order valence-electron chi connectivity index (χ3n) is 4.74. The van der Waals surface area contributed by atoms with Gasteiger partial charge in [-0.3, -0.25) is 4.79 Å². The molecule has 6 heteroatoms. The van der Waals surface area contributed by atoms with Gasteiger partial charge >= 0.3 is 0 Å². The summed E-state index contributed by atoms with van der Waals surface area (Å²) in [6.45, 7) is 3.62. The number of aromatic nitrogens is 2. The molecule has 0 atom stereocenters. The molecular weight excluding hydrogens is 328 g/mol. The van der Waals surface area contributed by atoms with Gasteiger partial charge in [-0.25, -0.2) is 4.98 Å². The maximum atomic E-state index is 12.7. The third-order valence-corrected chi connectivity index (χ3v) is 4.74. The van der Waals surface area contributed by atoms with Crippen LogP contribution in [0.3, 0.4) is 0 Å². The maximum Gasteiger partial charge on any atom is 0.253 e. The molecule has 26 heavy (non-hydrogen) atoms. The Bertz CT molecular complexity index is 928. The van der Waals surface area contributed by atoms with E-state index in [1.54, 1.807) is 6.20 Å². The zero-order valence-corrected chi connectivity index (χ0v) is 14.8. The Balaban J connectivity index is 1.47. The van der Waals surface area contributed by atoms with Crippen LogP contribution in [0.25, 0.3) is 10.9 Å². The molecule has 1 aliphatic heterocycles. The van der Waals surface area contributed by atoms with E-state index in [0.29, 0.717) is 12.1 Å². The van der Waals surface area contributed by atoms with Crippen molar-refractivity contribution < 1.29 is 9.53 Å². The molecule has 1 N–H and O–H groups in total. The number of para-hydroxylation sites is 1. The number of hydrogen-bond acceptors (Lipinski definition) is 4. The van der Waals surface area contributed by atoms with Crippen molar-refractivity contribution in [2.75, 3.05) is 31.2 Å². The Hall–Kier alpha value is -2.86. The smallest absolute Gasteiger partial charge is 0.253 e. The Morgan fingerprint density at radius 2 is 2.04 bits per heavy atom. The van der Waals surface area contributed by atoms with Gasteiger partial charge in [0.15, 0.2) is 0 Å². The Kier molecular flexibility index (Phi) is 4.58. The zero-order chi connectivity index (χ0) is 17.9. The van der Waals surface area contributed by atoms with Gasteiger partial charge in [0.25, 0.3) is 5.91 Å². The van der Waals surface area contributed by atoms with Crippen molar-refractivity contribution >= 4 is 22.6 Å². The summed E-state index contributed by atoms with van der Waals surface area (Å²) in [6.07, 6.45) is 3.68. The zero-order valence-electron chi connectivity index (χ0n) is 14.8. The second kappa shape index (κ2) is 7.17. The summed E-state index contributed by atoms with van der Waals surface area (Å²) in [4.78, 5) is 19.3. The number of nitrogens with one attached hydrogen (secondary N) is 1. The van der Waals surface area contributed by atoms with Gasteiger partial charge in [0.05, 0.1) is 18.8 Å². The van der Waals surface area contributed by atoms with E-state index in [2.05, 4.69) is 15.2 Å². The van der Waals surface area contributed by atoms with E-state index < -0.39 is 0 Å². The quantitative estimate of drug-likeness (QED) is 0.785. The van der Waals surface area contributed by atoms with E-state index in [0.717, 1.165) is 48.6 Å². The van der Waals surface area contributed by atoms with Crippen molar-refractivity contribution in [3.05, 3.63) is 59.9 Å². The van der Waals surface area contributed by atoms with Gasteiger partial charge in [-0.1, -0.05) is 18.2 Å². The molecule has 0 radical (unpaired) electrons. The van der Waals surface area contributed by atoms with Gasteiger partial charge in [-0.15, -0.1) is 0 Å². The van der Waals surface area contributed by atoms with Crippen LogP contribution in [0, 0.1) is 0 Å². The van der Waals surface area contributed by atoms with Crippen LogP contribution in [0.5, 0.6) is 0 Å². The van der Waals surface area contributed by atoms with Crippen LogP contribution < -0.4 is 10.2 Å². The van der Waals surface area contributed by atoms with E-state index in [4.69, 9.17) is 4.74 Å². The monoisotopic (exact) mass is 350 g/mol. The molecule has 1 fully saturated rings. The number of morpholine rings is 1. The third kappa shape index (κ3) is 3.28. The minimum Gasteiger partial charge on any atom is -0.378 e. The van der Waals surface area contributed by atoms with Gasteiger partial charge < -0.3 is 19.5 Å². The highest BCUT2D eigenvalue weighted by molar-refractivity contribution is 6.06. The van der Waals surface area contributed by atoms with E-state index >= 15 is 0 Å². The van der Waals surface area contributed by atoms with E-state index in [-0.39, 0.29) is 5.91 Å². The number of carbonyl (C=O) groups is 1. The maximum absolute atomic E-state index is 12.7. The summed E-state index contributed by atoms with van der Waals surface area (Å²) in [5.74, 6) is 0.872. The predicted molar refractivity (Wildman–Crippen MR) is 101 cm³/mol. The molecule has 2 aromatic heterocycles. The number of nitrogens with zero attached hydrogens (tertiary/aromatic N) is 3. The highest BCUT2D eigenvalue weighted by Gasteiger charge is 2.15. The lowest BCUT2D eigenvalue weighted by Crippen LogP contribution is -2.36. The highest BCUT2D eigenvalue weighted by Crippen LogP contribution is 2.20. The second-order valence-corrected chi connectivity index (χ2v) is 6.48. The van der Waals surface area contributed by atoms with Crippen molar-refractivity contribution in [2.45, 2.75) is 6.54 Å². The summed E-state index contributed by atoms with van der Waals surface area (Å²) >= 11 is 0. The summed E-state index contributed by atoms with van der Waals surface area (Å²) < 4.78 is 7.37. The first-order chi connectivity index (χ1) is 12.7. The molecule has 134 valence electrons. The number of aryl methyl sites for hydroxylation is 1. The fourth-order valence-electron chi connectivity index (χ4n) is 3.34. The average Bonchev–Trinajstić information content (AvgIpc) is 3.04. The lowest BCUT2D eigenvalue weighted by molar-refractivity contribution is 0.0952. The van der Waals surface area contributed by atoms with Crippen LogP contribution in [0.15, 0.2) is 48.8 Å². The number of hydrogen-bond donors (Lipinski definition) is 1. The van der Waals surface area contributed by atoms with Gasteiger partial charge in [-0.05, 0) is 23.8 Å². The SMILES string of the molecule is Cn1cc(C(=O)NCc2ccnc(N3CCOCC3)c2)c2ccccc21. The fourth-order valence-corrected chi connectivity index (χ4v) is 3.34. The molecule has 1 amide bonds. The number of ether oxygens (including phenoxy) is 1. The molecule has 1 aliphatic rings. The normalized spacial score (nSPS) is 14.6. The molecule has 0 spiro atoms. The summed E-state index contributed by atoms with van der Waals surface area (Å²) in [7, 11) is 1.95. The van der Waals surface area contributed by atoms with Crippen LogP contribution in [0.1, 0.15) is 15.9 Å². The molecule has 0 aliphatic carbocycles. The first kappa shape index (κ1) is 16.6. The number of fused-ring (bicyclic) bond motifs is 1. The number of pyridine rings is 1. The van der Waals surface area contributed by atoms with Crippen LogP contribution in [-0.4, -0.2) is 41.8 Å². The number of carbonyl (C=O) groups excluding carboxylic acids is 1. The van der Waals surface area contributed by atoms with Crippen LogP contribution in [0.2, 0.25) is 0 Å². The van der Waals surface area contributed by atoms with Crippen molar-refractivity contribution in [3.8, 4) is 0 Å². The Morgan fingerprint density at radius 1 is 1.23 bits per heavy atom. The molecule has 0 bridgehead atoms. The molecule has 3 aromatic rings. The average molecular weight is 350 g/mol. The lowest BCUT2D eigenvalue weighted by atomic mass is 10.1. The molecule has 0 unspecified atom stereocenters. The molecular formula is C20H22N4O2. The van der Waals surface area contributed by atoms with Crippen molar-refractivity contribution in [1.82, 2.24) is 14.9 Å². The van der Waals surface area contributed by atoms with Crippen LogP contribution >= 0.6 is 0 Å². The number of amides is 1. The molecule has 1 saturated heterocycles. The molecule has 4 rings (SSSR count). The number of benzene rings is 1. The molecule has 0 saturated carbocycles. The largest absolute Gasteiger partial charge is 0.378 e. The van der Waals surface area contributed by atoms with Gasteiger partial charge in [-0.2, -0.15) is 0 Å². The number of rotatable bonds is 4. The van der Waals surface area contributed by atoms with Crippen LogP contribution in [0.4, 0.5) is 5.82 Å². The van der Waals surface area contributed by atoms with Crippen molar-refractivity contribution in [2.24, 2.45) is 7.05 Å². The first-order valence-corrected chi connectivity index (χ1v) is 8.82. The minimum atomic E-state index is -0.0634. The van der Waals surface area contributed by atoms with Gasteiger partial charge in [0, 0.05) is 50.0 Å². The van der Waals surface area contributed by atoms with E-state index in [9.17, 15) is 4.79 Å². The predicted octanol–water partition coefficient (Wildman–Crippen LogP) is 2.34. The summed E-state index contributed by atoms with van der Waals surface area (Å²) in [5.41, 5.74) is 2.79. The summed E-state index contributed by atoms with van der Waals surface area (Å²) in [5, 5.41) is 4.00. The molecule has 6 nitrogen and oxygen atoms in total. The minimum absolute atomic E-state index is 0.0634. The van der Waals surface area contributed by atoms with E-state index in [1.807, 2.05) is 54.2 Å². The summed E-state index contributed by atoms with van der Waals surface area (Å²) in [6, 6.07) is 11.9. The number of anilines is 1. The fraction of sp³-hybridized carbons (Fsp3) is 0.300. The molecule has 3 heterocycles. The van der Waals surface area contributed by atoms with Crippen molar-refractivity contribution in [1.29, 1.82) is 0 Å². The van der Waals surface area contributed by atoms with Crippen molar-refractivity contribution in [3.63, 3.8) is 0 Å².